The summed E-state index contributed by atoms with van der Waals surface area (Å²) < 4.78 is 230. The summed E-state index contributed by atoms with van der Waals surface area (Å²) in [6, 6.07) is -21.5. The Morgan fingerprint density at radius 2 is 0.814 bits per heavy atom. The molecule has 0 amide bonds. The summed E-state index contributed by atoms with van der Waals surface area (Å²) in [4.78, 5) is 0. The second kappa shape index (κ2) is 9.66. The molecule has 0 saturated heterocycles. The zero-order valence-corrected chi connectivity index (χ0v) is 22.2. The van der Waals surface area contributed by atoms with E-state index in [4.69, 9.17) is 24.7 Å². The van der Waals surface area contributed by atoms with E-state index in [1.807, 2.05) is 0 Å². The van der Waals surface area contributed by atoms with Crippen LogP contribution in [0.15, 0.2) is 157 Å². The lowest BCUT2D eigenvalue weighted by Crippen LogP contribution is -1.86. The molecule has 0 atom stereocenters. The van der Waals surface area contributed by atoms with E-state index in [0.29, 0.717) is 11.3 Å². The minimum Gasteiger partial charge on any atom is -0.135 e. The number of fused-ring (bicyclic) bond motifs is 9. The average Bonchev–Trinajstić information content (AvgIpc) is 3.72. The fourth-order valence-corrected chi connectivity index (χ4v) is 6.01. The summed E-state index contributed by atoms with van der Waals surface area (Å²) in [5.41, 5.74) is -4.33. The van der Waals surface area contributed by atoms with Gasteiger partial charge in [-0.2, -0.15) is 0 Å². The Balaban J connectivity index is 1.41. The Hall–Kier alpha value is -5.24. The molecule has 0 nitrogen and oxygen atoms in total. The van der Waals surface area contributed by atoms with Gasteiger partial charge in [-0.3, -0.25) is 0 Å². The topological polar surface area (TPSA) is 0 Å². The standard InChI is InChI=1S/C42H26S/c1-2-13-35-33(11-1)34-12-3-4-14-36(34)40-26-31(23-24-37(35)40)30-10-7-9-29(25-30)27-19-21-28(22-20-27)32-16-8-17-39-38-15-5-6-18-41(38)43-42(32)39/h1-26H/i1D,2D,3D,4D,5D,6D,7D,8D,9D,10D,11D,12D,13D,14D,15D,16D,17D,18D,19D,20D,21D,22D,23D,24D,25D,26D. The van der Waals surface area contributed by atoms with Crippen LogP contribution in [0.25, 0.3) is 85.9 Å². The van der Waals surface area contributed by atoms with E-state index >= 15 is 0 Å². The minimum absolute atomic E-state index is 0.0793. The normalized spacial score (nSPS) is 20.2. The largest absolute Gasteiger partial charge is 0.135 e. The molecule has 9 rings (SSSR count). The predicted octanol–water partition coefficient (Wildman–Crippen LogP) is 12.5. The van der Waals surface area contributed by atoms with Crippen LogP contribution in [-0.4, -0.2) is 0 Å². The van der Waals surface area contributed by atoms with Gasteiger partial charge in [0, 0.05) is 20.2 Å². The maximum Gasteiger partial charge on any atom is 0.0638 e. The highest BCUT2D eigenvalue weighted by Crippen LogP contribution is 2.41. The summed E-state index contributed by atoms with van der Waals surface area (Å²) in [6.07, 6.45) is 0. The maximum atomic E-state index is 9.61. The molecule has 0 N–H and O–H groups in total. The van der Waals surface area contributed by atoms with Gasteiger partial charge < -0.3 is 0 Å². The highest BCUT2D eigenvalue weighted by molar-refractivity contribution is 7.26. The van der Waals surface area contributed by atoms with Crippen LogP contribution in [0.2, 0.25) is 0 Å². The molecule has 9 aromatic rings. The lowest BCUT2D eigenvalue weighted by atomic mass is 9.91. The van der Waals surface area contributed by atoms with Crippen LogP contribution in [0.3, 0.4) is 0 Å². The molecule has 1 aromatic heterocycles. The summed E-state index contributed by atoms with van der Waals surface area (Å²) in [5.74, 6) is 0. The molecule has 0 aliphatic heterocycles. The van der Waals surface area contributed by atoms with E-state index in [9.17, 15) is 11.0 Å². The van der Waals surface area contributed by atoms with Crippen molar-refractivity contribution in [1.29, 1.82) is 0 Å². The van der Waals surface area contributed by atoms with Crippen molar-refractivity contribution in [2.75, 3.05) is 0 Å². The SMILES string of the molecule is [2H]c1c([2H])c(-c2c([2H])c([2H])c(-c3c([2H])c([2H])c([2H])c4c3sc3c([2H])c([2H])c([2H])c([2H])c34)c([2H])c2[2H])c([2H])c(-c2c([2H])c([2H])c3c4c([2H])c([2H])c([2H])c([2H])c4c4c([2H])c([2H])c([2H])c([2H])c4c3c2[2H])c1[2H]. The molecule has 8 aromatic carbocycles. The third-order valence-corrected chi connectivity index (χ3v) is 8.00. The number of benzene rings is 8. The molecule has 1 heteroatoms. The van der Waals surface area contributed by atoms with Gasteiger partial charge in [-0.1, -0.05) is 139 Å². The fraction of sp³-hybridized carbons (Fsp3) is 0. The molecule has 0 unspecified atom stereocenters. The van der Waals surface area contributed by atoms with Gasteiger partial charge in [-0.05, 0) is 83.8 Å². The highest BCUT2D eigenvalue weighted by atomic mass is 32.1. The molecule has 0 bridgehead atoms. The van der Waals surface area contributed by atoms with Crippen molar-refractivity contribution in [3.63, 3.8) is 0 Å². The summed E-state index contributed by atoms with van der Waals surface area (Å²) >= 11 is 0.674. The average molecular weight is 589 g/mol. The number of rotatable bonds is 3. The Morgan fingerprint density at radius 1 is 0.326 bits per heavy atom. The third kappa shape index (κ3) is 3.90. The smallest absolute Gasteiger partial charge is 0.0638 e. The first-order valence-corrected chi connectivity index (χ1v) is 13.5. The van der Waals surface area contributed by atoms with Crippen LogP contribution in [0.4, 0.5) is 0 Å². The monoisotopic (exact) mass is 588 g/mol. The van der Waals surface area contributed by atoms with E-state index in [-0.39, 0.29) is 20.2 Å². The molecule has 0 spiro atoms. The summed E-state index contributed by atoms with van der Waals surface area (Å²) in [7, 11) is 0. The molecule has 0 saturated carbocycles. The molecule has 200 valence electrons. The lowest BCUT2D eigenvalue weighted by Gasteiger charge is -2.13. The van der Waals surface area contributed by atoms with Gasteiger partial charge >= 0.3 is 0 Å². The fourth-order valence-electron chi connectivity index (χ4n) is 4.94. The molecule has 43 heavy (non-hydrogen) atoms. The van der Waals surface area contributed by atoms with E-state index in [1.54, 1.807) is 0 Å². The van der Waals surface area contributed by atoms with Crippen molar-refractivity contribution in [2.24, 2.45) is 0 Å². The van der Waals surface area contributed by atoms with Gasteiger partial charge in [0.1, 0.15) is 0 Å². The minimum atomic E-state index is -1.02. The Labute approximate surface area is 290 Å². The highest BCUT2D eigenvalue weighted by Gasteiger charge is 2.12. The van der Waals surface area contributed by atoms with Gasteiger partial charge in [0.2, 0.25) is 0 Å². The van der Waals surface area contributed by atoms with Gasteiger partial charge in [0.05, 0.1) is 35.6 Å². The maximum absolute atomic E-state index is 9.61. The van der Waals surface area contributed by atoms with Crippen LogP contribution < -0.4 is 0 Å². The van der Waals surface area contributed by atoms with Crippen LogP contribution in [-0.2, 0) is 0 Å². The second-order valence-electron chi connectivity index (χ2n) is 9.26. The molecular formula is C42H26S. The number of thiophene rings is 1. The van der Waals surface area contributed by atoms with Crippen LogP contribution in [0.5, 0.6) is 0 Å². The lowest BCUT2D eigenvalue weighted by molar-refractivity contribution is 1.59. The first-order valence-electron chi connectivity index (χ1n) is 25.7. The number of hydrogen-bond donors (Lipinski definition) is 0. The van der Waals surface area contributed by atoms with E-state index < -0.39 is 223 Å². The molecule has 0 fully saturated rings. The van der Waals surface area contributed by atoms with Gasteiger partial charge in [0.25, 0.3) is 0 Å². The van der Waals surface area contributed by atoms with Crippen molar-refractivity contribution in [2.45, 2.75) is 0 Å². The van der Waals surface area contributed by atoms with E-state index in [2.05, 4.69) is 0 Å². The summed E-state index contributed by atoms with van der Waals surface area (Å²) in [6.45, 7) is 0. The summed E-state index contributed by atoms with van der Waals surface area (Å²) in [5, 5.41) is -3.36. The van der Waals surface area contributed by atoms with Crippen LogP contribution >= 0.6 is 11.3 Å². The first-order chi connectivity index (χ1) is 32.2. The molecule has 1 heterocycles. The molecule has 0 aliphatic carbocycles. The number of hydrogen-bond acceptors (Lipinski definition) is 1. The third-order valence-electron chi connectivity index (χ3n) is 6.87. The second-order valence-corrected chi connectivity index (χ2v) is 10.3. The Bertz CT molecular complexity index is 3890. The van der Waals surface area contributed by atoms with Gasteiger partial charge in [-0.15, -0.1) is 11.3 Å². The van der Waals surface area contributed by atoms with Crippen molar-refractivity contribution in [3.8, 4) is 33.4 Å². The van der Waals surface area contributed by atoms with Crippen molar-refractivity contribution in [3.05, 3.63) is 157 Å². The van der Waals surface area contributed by atoms with Crippen LogP contribution in [0, 0.1) is 0 Å². The van der Waals surface area contributed by atoms with Crippen LogP contribution in [0.1, 0.15) is 35.6 Å². The van der Waals surface area contributed by atoms with Gasteiger partial charge in [0.15, 0.2) is 0 Å². The van der Waals surface area contributed by atoms with Crippen molar-refractivity contribution < 1.29 is 35.6 Å². The molecular weight excluding hydrogens is 537 g/mol. The predicted molar refractivity (Wildman–Crippen MR) is 188 cm³/mol. The first kappa shape index (κ1) is 9.91. The van der Waals surface area contributed by atoms with Crippen molar-refractivity contribution in [1.82, 2.24) is 0 Å². The molecule has 0 radical (unpaired) electrons. The van der Waals surface area contributed by atoms with E-state index in [0.717, 1.165) is 0 Å². The zero-order chi connectivity index (χ0) is 51.0. The molecule has 0 aliphatic rings. The zero-order valence-electron chi connectivity index (χ0n) is 47.4. The van der Waals surface area contributed by atoms with Gasteiger partial charge in [-0.25, -0.2) is 0 Å². The van der Waals surface area contributed by atoms with E-state index in [1.165, 1.54) is 0 Å². The Morgan fingerprint density at radius 3 is 1.53 bits per heavy atom. The Kier molecular flexibility index (Phi) is 2.23. The van der Waals surface area contributed by atoms with Crippen molar-refractivity contribution >= 4 is 63.8 Å². The quantitative estimate of drug-likeness (QED) is 0.180.